The van der Waals surface area contributed by atoms with Crippen LogP contribution in [0.2, 0.25) is 0 Å². The lowest BCUT2D eigenvalue weighted by atomic mass is 9.85. The summed E-state index contributed by atoms with van der Waals surface area (Å²) in [6, 6.07) is 7.52. The van der Waals surface area contributed by atoms with Crippen LogP contribution in [0.25, 0.3) is 0 Å². The molecule has 1 aromatic rings. The number of ether oxygens (including phenoxy) is 1. The molecule has 1 aromatic carbocycles. The number of hydrogen-bond acceptors (Lipinski definition) is 2. The summed E-state index contributed by atoms with van der Waals surface area (Å²) in [4.78, 5) is 11.8. The van der Waals surface area contributed by atoms with Gasteiger partial charge in [-0.25, -0.2) is 0 Å². The van der Waals surface area contributed by atoms with Gasteiger partial charge in [-0.1, -0.05) is 28.4 Å². The van der Waals surface area contributed by atoms with Gasteiger partial charge in [0, 0.05) is 11.0 Å². The van der Waals surface area contributed by atoms with E-state index in [2.05, 4.69) is 21.2 Å². The zero-order chi connectivity index (χ0) is 13.0. The number of nitrogens with one attached hydrogen (secondary N) is 1. The molecule has 1 aliphatic carbocycles. The number of hydrogen-bond donors (Lipinski definition) is 1. The van der Waals surface area contributed by atoms with Crippen LogP contribution in [0.15, 0.2) is 28.7 Å². The van der Waals surface area contributed by atoms with E-state index in [0.29, 0.717) is 11.7 Å². The van der Waals surface area contributed by atoms with Crippen LogP contribution < -0.4 is 10.1 Å². The third kappa shape index (κ3) is 3.73. The first-order valence-corrected chi connectivity index (χ1v) is 7.14. The highest BCUT2D eigenvalue weighted by Gasteiger charge is 2.20. The van der Waals surface area contributed by atoms with Crippen molar-refractivity contribution in [2.45, 2.75) is 32.3 Å². The fourth-order valence-corrected chi connectivity index (χ4v) is 2.26. The van der Waals surface area contributed by atoms with Gasteiger partial charge in [0.1, 0.15) is 5.75 Å². The summed E-state index contributed by atoms with van der Waals surface area (Å²) in [5.74, 6) is 1.34. The van der Waals surface area contributed by atoms with Crippen molar-refractivity contribution in [2.24, 2.45) is 5.92 Å². The molecule has 4 heteroatoms. The van der Waals surface area contributed by atoms with Gasteiger partial charge >= 0.3 is 0 Å². The lowest BCUT2D eigenvalue weighted by Crippen LogP contribution is -2.40. The van der Waals surface area contributed by atoms with Crippen molar-refractivity contribution in [1.82, 2.24) is 5.32 Å². The molecule has 1 atom stereocenters. The summed E-state index contributed by atoms with van der Waals surface area (Å²) >= 11 is 3.38. The van der Waals surface area contributed by atoms with Crippen molar-refractivity contribution >= 4 is 21.8 Å². The second-order valence-corrected chi connectivity index (χ2v) is 5.68. The molecule has 3 nitrogen and oxygen atoms in total. The fraction of sp³-hybridized carbons (Fsp3) is 0.500. The topological polar surface area (TPSA) is 38.3 Å². The van der Waals surface area contributed by atoms with Gasteiger partial charge < -0.3 is 10.1 Å². The molecule has 1 fully saturated rings. The Morgan fingerprint density at radius 1 is 1.56 bits per heavy atom. The normalized spacial score (nSPS) is 16.8. The Kier molecular flexibility index (Phi) is 4.64. The Bertz CT molecular complexity index is 418. The minimum atomic E-state index is -0.459. The van der Waals surface area contributed by atoms with Crippen molar-refractivity contribution in [3.63, 3.8) is 0 Å². The Balaban J connectivity index is 1.79. The molecular formula is C14H18BrNO2. The largest absolute Gasteiger partial charge is 0.481 e. The lowest BCUT2D eigenvalue weighted by molar-refractivity contribution is -0.127. The van der Waals surface area contributed by atoms with Crippen LogP contribution in [0.4, 0.5) is 0 Å². The molecule has 98 valence electrons. The van der Waals surface area contributed by atoms with E-state index in [1.807, 2.05) is 24.3 Å². The Labute approximate surface area is 116 Å². The Morgan fingerprint density at radius 3 is 2.94 bits per heavy atom. The highest BCUT2D eigenvalue weighted by molar-refractivity contribution is 9.10. The van der Waals surface area contributed by atoms with Gasteiger partial charge in [0.15, 0.2) is 6.10 Å². The maximum atomic E-state index is 11.8. The highest BCUT2D eigenvalue weighted by Crippen LogP contribution is 2.25. The summed E-state index contributed by atoms with van der Waals surface area (Å²) < 4.78 is 6.55. The van der Waals surface area contributed by atoms with Gasteiger partial charge in [0.2, 0.25) is 0 Å². The number of amides is 1. The van der Waals surface area contributed by atoms with E-state index in [9.17, 15) is 4.79 Å². The van der Waals surface area contributed by atoms with E-state index >= 15 is 0 Å². The minimum absolute atomic E-state index is 0.0399. The van der Waals surface area contributed by atoms with Crippen LogP contribution in [0.3, 0.4) is 0 Å². The van der Waals surface area contributed by atoms with Crippen molar-refractivity contribution in [3.8, 4) is 5.75 Å². The van der Waals surface area contributed by atoms with E-state index in [-0.39, 0.29) is 5.91 Å². The van der Waals surface area contributed by atoms with Crippen molar-refractivity contribution in [3.05, 3.63) is 28.7 Å². The number of rotatable bonds is 5. The lowest BCUT2D eigenvalue weighted by Gasteiger charge is -2.26. The van der Waals surface area contributed by atoms with Crippen LogP contribution in [0.1, 0.15) is 26.2 Å². The molecule has 0 bridgehead atoms. The molecule has 1 aliphatic rings. The summed E-state index contributed by atoms with van der Waals surface area (Å²) in [6.07, 6.45) is 3.31. The maximum absolute atomic E-state index is 11.8. The smallest absolute Gasteiger partial charge is 0.260 e. The van der Waals surface area contributed by atoms with Crippen molar-refractivity contribution in [2.75, 3.05) is 6.54 Å². The summed E-state index contributed by atoms with van der Waals surface area (Å²) in [7, 11) is 0. The minimum Gasteiger partial charge on any atom is -0.481 e. The summed E-state index contributed by atoms with van der Waals surface area (Å²) in [5, 5.41) is 2.94. The van der Waals surface area contributed by atoms with Crippen LogP contribution >= 0.6 is 15.9 Å². The molecule has 0 saturated heterocycles. The van der Waals surface area contributed by atoms with E-state index in [1.54, 1.807) is 6.92 Å². The molecule has 1 amide bonds. The maximum Gasteiger partial charge on any atom is 0.260 e. The van der Waals surface area contributed by atoms with E-state index < -0.39 is 6.10 Å². The molecule has 2 rings (SSSR count). The molecule has 0 aromatic heterocycles. The summed E-state index contributed by atoms with van der Waals surface area (Å²) in [5.41, 5.74) is 0. The second kappa shape index (κ2) is 6.23. The average Bonchev–Trinajstić information content (AvgIpc) is 2.26. The monoisotopic (exact) mass is 311 g/mol. The molecule has 1 unspecified atom stereocenters. The van der Waals surface area contributed by atoms with Crippen LogP contribution in [-0.2, 0) is 4.79 Å². The molecule has 1 N–H and O–H groups in total. The predicted octanol–water partition coefficient (Wildman–Crippen LogP) is 3.13. The number of benzene rings is 1. The molecule has 18 heavy (non-hydrogen) atoms. The first kappa shape index (κ1) is 13.4. The van der Waals surface area contributed by atoms with Crippen molar-refractivity contribution < 1.29 is 9.53 Å². The first-order valence-electron chi connectivity index (χ1n) is 6.35. The van der Waals surface area contributed by atoms with Crippen LogP contribution in [-0.4, -0.2) is 18.6 Å². The third-order valence-corrected chi connectivity index (χ3v) is 3.76. The molecule has 0 spiro atoms. The SMILES string of the molecule is CC(Oc1cccc(Br)c1)C(=O)NCC1CCC1. The molecule has 0 radical (unpaired) electrons. The van der Waals surface area contributed by atoms with Gasteiger partial charge in [0.25, 0.3) is 5.91 Å². The van der Waals surface area contributed by atoms with Gasteiger partial charge in [0.05, 0.1) is 0 Å². The zero-order valence-electron chi connectivity index (χ0n) is 10.5. The summed E-state index contributed by atoms with van der Waals surface area (Å²) in [6.45, 7) is 2.56. The van der Waals surface area contributed by atoms with Crippen LogP contribution in [0, 0.1) is 5.92 Å². The second-order valence-electron chi connectivity index (χ2n) is 4.76. The first-order chi connectivity index (χ1) is 8.65. The van der Waals surface area contributed by atoms with Gasteiger partial charge in [-0.05, 0) is 43.9 Å². The van der Waals surface area contributed by atoms with Gasteiger partial charge in [-0.3, -0.25) is 4.79 Å². The molecular weight excluding hydrogens is 294 g/mol. The van der Waals surface area contributed by atoms with Crippen molar-refractivity contribution in [1.29, 1.82) is 0 Å². The standard InChI is InChI=1S/C14H18BrNO2/c1-10(14(17)16-9-11-4-2-5-11)18-13-7-3-6-12(15)8-13/h3,6-8,10-11H,2,4-5,9H2,1H3,(H,16,17). The predicted molar refractivity (Wildman–Crippen MR) is 74.6 cm³/mol. The average molecular weight is 312 g/mol. The van der Waals surface area contributed by atoms with E-state index in [0.717, 1.165) is 11.0 Å². The number of halogens is 1. The Hall–Kier alpha value is -1.03. The fourth-order valence-electron chi connectivity index (χ4n) is 1.88. The van der Waals surface area contributed by atoms with E-state index in [4.69, 9.17) is 4.74 Å². The Morgan fingerprint density at radius 2 is 2.33 bits per heavy atom. The van der Waals surface area contributed by atoms with E-state index in [1.165, 1.54) is 19.3 Å². The van der Waals surface area contributed by atoms with Gasteiger partial charge in [-0.2, -0.15) is 0 Å². The van der Waals surface area contributed by atoms with Gasteiger partial charge in [-0.15, -0.1) is 0 Å². The molecule has 0 heterocycles. The third-order valence-electron chi connectivity index (χ3n) is 3.27. The number of carbonyl (C=O) groups excluding carboxylic acids is 1. The zero-order valence-corrected chi connectivity index (χ0v) is 12.1. The van der Waals surface area contributed by atoms with Crippen LogP contribution in [0.5, 0.6) is 5.75 Å². The quantitative estimate of drug-likeness (QED) is 0.907. The number of carbonyl (C=O) groups is 1. The molecule has 0 aliphatic heterocycles. The molecule has 1 saturated carbocycles. The highest BCUT2D eigenvalue weighted by atomic mass is 79.9.